The molecule has 0 saturated heterocycles. The fraction of sp³-hybridized carbons (Fsp3) is 0.591. The minimum atomic E-state index is -3.94. The number of carbonyl (C=O) groups is 3. The lowest BCUT2D eigenvalue weighted by atomic mass is 10.00. The fourth-order valence-electron chi connectivity index (χ4n) is 3.64. The molecular weight excluding hydrogens is 513 g/mol. The summed E-state index contributed by atoms with van der Waals surface area (Å²) in [7, 11) is -5.19. The smallest absolute Gasteiger partial charge is 0.346 e. The van der Waals surface area contributed by atoms with E-state index in [2.05, 4.69) is 5.32 Å². The highest BCUT2D eigenvalue weighted by Crippen LogP contribution is 2.52. The van der Waals surface area contributed by atoms with E-state index in [1.54, 1.807) is 44.2 Å². The molecule has 1 aromatic carbocycles. The second-order valence-electron chi connectivity index (χ2n) is 8.78. The van der Waals surface area contributed by atoms with E-state index in [0.29, 0.717) is 10.5 Å². The molecule has 1 aromatic rings. The molecule has 0 radical (unpaired) electrons. The van der Waals surface area contributed by atoms with Crippen molar-refractivity contribution in [3.8, 4) is 0 Å². The zero-order valence-electron chi connectivity index (χ0n) is 21.1. The van der Waals surface area contributed by atoms with Gasteiger partial charge in [-0.25, -0.2) is 22.9 Å². The first kappa shape index (κ1) is 31.7. The van der Waals surface area contributed by atoms with Crippen molar-refractivity contribution in [2.75, 3.05) is 26.2 Å². The van der Waals surface area contributed by atoms with Crippen LogP contribution in [0.3, 0.4) is 0 Å². The van der Waals surface area contributed by atoms with Crippen LogP contribution in [0.5, 0.6) is 0 Å². The van der Waals surface area contributed by atoms with E-state index in [1.807, 2.05) is 0 Å². The third-order valence-electron chi connectivity index (χ3n) is 5.40. The van der Waals surface area contributed by atoms with Gasteiger partial charge in [-0.1, -0.05) is 44.2 Å². The molecule has 0 fully saturated rings. The highest BCUT2D eigenvalue weighted by molar-refractivity contribution is 7.90. The quantitative estimate of drug-likeness (QED) is 0.273. The van der Waals surface area contributed by atoms with Crippen molar-refractivity contribution in [2.45, 2.75) is 51.0 Å². The van der Waals surface area contributed by atoms with Crippen LogP contribution in [0.1, 0.15) is 32.3 Å². The largest absolute Gasteiger partial charge is 0.480 e. The Kier molecular flexibility index (Phi) is 12.2. The molecule has 204 valence electrons. The van der Waals surface area contributed by atoms with Crippen LogP contribution in [-0.2, 0) is 39.5 Å². The van der Waals surface area contributed by atoms with Gasteiger partial charge in [0, 0.05) is 26.9 Å². The van der Waals surface area contributed by atoms with Crippen LogP contribution >= 0.6 is 7.60 Å². The van der Waals surface area contributed by atoms with Gasteiger partial charge in [-0.3, -0.25) is 14.7 Å². The number of rotatable bonds is 15. The summed E-state index contributed by atoms with van der Waals surface area (Å²) < 4.78 is 46.8. The number of benzene rings is 1. The number of primary amides is 1. The normalized spacial score (nSPS) is 14.7. The number of carboxylic acids is 1. The van der Waals surface area contributed by atoms with E-state index in [4.69, 9.17) is 14.8 Å². The standard InChI is InChI=1S/C22H36N3O9PS/c1-15(2)13-17(24-19(11-12-36(5,31)32)35(30,33-3)34-4)20(26)25(22(23)29)18(21(27)28)14-16-9-7-6-8-10-16/h6-10,15,17-19,24H,11-14H2,1-5H3,(H2,23,29)(H,27,28)/t17-,18-,19?/m0/s1. The zero-order chi connectivity index (χ0) is 27.7. The van der Waals surface area contributed by atoms with Gasteiger partial charge in [0.25, 0.3) is 0 Å². The summed E-state index contributed by atoms with van der Waals surface area (Å²) in [5.74, 6) is -4.18. The lowest BCUT2D eigenvalue weighted by Crippen LogP contribution is -2.59. The first-order chi connectivity index (χ1) is 16.6. The van der Waals surface area contributed by atoms with Crippen LogP contribution in [0.2, 0.25) is 0 Å². The van der Waals surface area contributed by atoms with Gasteiger partial charge in [-0.05, 0) is 24.3 Å². The first-order valence-corrected chi connectivity index (χ1v) is 14.9. The second kappa shape index (κ2) is 13.8. The van der Waals surface area contributed by atoms with Gasteiger partial charge in [-0.2, -0.15) is 0 Å². The van der Waals surface area contributed by atoms with Crippen LogP contribution in [0.25, 0.3) is 0 Å². The minimum absolute atomic E-state index is 0.0864. The Bertz CT molecular complexity index is 1040. The molecular formula is C22H36N3O9PS. The molecule has 0 aliphatic rings. The molecule has 0 saturated carbocycles. The number of hydrogen-bond donors (Lipinski definition) is 3. The molecule has 14 heteroatoms. The maximum Gasteiger partial charge on any atom is 0.346 e. The Morgan fingerprint density at radius 3 is 2.11 bits per heavy atom. The number of nitrogens with one attached hydrogen (secondary N) is 1. The number of hydrogen-bond acceptors (Lipinski definition) is 9. The number of nitrogens with two attached hydrogens (primary N) is 1. The van der Waals surface area contributed by atoms with Crippen LogP contribution < -0.4 is 11.1 Å². The van der Waals surface area contributed by atoms with Crippen molar-refractivity contribution in [3.63, 3.8) is 0 Å². The number of aliphatic carboxylic acids is 1. The summed E-state index contributed by atoms with van der Waals surface area (Å²) in [5, 5.41) is 12.7. The summed E-state index contributed by atoms with van der Waals surface area (Å²) in [6.07, 6.45) is 0.665. The molecule has 0 spiro atoms. The molecule has 0 aliphatic carbocycles. The van der Waals surface area contributed by atoms with Gasteiger partial charge >= 0.3 is 19.6 Å². The minimum Gasteiger partial charge on any atom is -0.480 e. The number of sulfone groups is 1. The van der Waals surface area contributed by atoms with Crippen molar-refractivity contribution in [2.24, 2.45) is 11.7 Å². The number of carbonyl (C=O) groups excluding carboxylic acids is 2. The van der Waals surface area contributed by atoms with E-state index in [1.165, 1.54) is 0 Å². The van der Waals surface area contributed by atoms with Gasteiger partial charge in [-0.15, -0.1) is 0 Å². The number of urea groups is 1. The van der Waals surface area contributed by atoms with E-state index in [-0.39, 0.29) is 25.2 Å². The van der Waals surface area contributed by atoms with Crippen molar-refractivity contribution < 1.29 is 41.5 Å². The maximum absolute atomic E-state index is 13.6. The highest BCUT2D eigenvalue weighted by atomic mass is 32.2. The molecule has 1 unspecified atom stereocenters. The summed E-state index contributed by atoms with van der Waals surface area (Å²) >= 11 is 0. The summed E-state index contributed by atoms with van der Waals surface area (Å²) in [4.78, 5) is 38.6. The molecule has 0 aromatic heterocycles. The molecule has 4 N–H and O–H groups in total. The van der Waals surface area contributed by atoms with Crippen LogP contribution in [0.15, 0.2) is 30.3 Å². The summed E-state index contributed by atoms with van der Waals surface area (Å²) in [6.45, 7) is 3.57. The highest BCUT2D eigenvalue weighted by Gasteiger charge is 2.42. The lowest BCUT2D eigenvalue weighted by molar-refractivity contribution is -0.148. The third kappa shape index (κ3) is 9.62. The molecule has 0 bridgehead atoms. The third-order valence-corrected chi connectivity index (χ3v) is 8.56. The summed E-state index contributed by atoms with van der Waals surface area (Å²) in [5.41, 5.74) is 6.04. The molecule has 0 heterocycles. The molecule has 36 heavy (non-hydrogen) atoms. The number of carboxylic acid groups (broad SMARTS) is 1. The average molecular weight is 550 g/mol. The van der Waals surface area contributed by atoms with E-state index < -0.39 is 59.0 Å². The molecule has 1 rings (SSSR count). The Morgan fingerprint density at radius 1 is 1.14 bits per heavy atom. The van der Waals surface area contributed by atoms with Crippen molar-refractivity contribution in [3.05, 3.63) is 35.9 Å². The van der Waals surface area contributed by atoms with Gasteiger partial charge in [0.1, 0.15) is 21.7 Å². The fourth-order valence-corrected chi connectivity index (χ4v) is 5.95. The monoisotopic (exact) mass is 549 g/mol. The lowest BCUT2D eigenvalue weighted by Gasteiger charge is -2.33. The molecule has 12 nitrogen and oxygen atoms in total. The van der Waals surface area contributed by atoms with Crippen LogP contribution in [0, 0.1) is 5.92 Å². The number of nitrogens with zero attached hydrogens (tertiary/aromatic N) is 1. The molecule has 3 amide bonds. The zero-order valence-corrected chi connectivity index (χ0v) is 22.8. The Hall–Kier alpha value is -2.31. The first-order valence-electron chi connectivity index (χ1n) is 11.2. The van der Waals surface area contributed by atoms with E-state index in [9.17, 15) is 32.5 Å². The molecule has 3 atom stereocenters. The molecule has 0 aliphatic heterocycles. The van der Waals surface area contributed by atoms with Crippen molar-refractivity contribution in [1.82, 2.24) is 10.2 Å². The maximum atomic E-state index is 13.6. The van der Waals surface area contributed by atoms with Crippen LogP contribution in [-0.4, -0.2) is 80.4 Å². The van der Waals surface area contributed by atoms with E-state index in [0.717, 1.165) is 20.5 Å². The van der Waals surface area contributed by atoms with Gasteiger partial charge < -0.3 is 19.9 Å². The Labute approximate surface area is 212 Å². The predicted octanol–water partition coefficient (Wildman–Crippen LogP) is 1.84. The van der Waals surface area contributed by atoms with E-state index >= 15 is 0 Å². The second-order valence-corrected chi connectivity index (χ2v) is 13.5. The van der Waals surface area contributed by atoms with Gasteiger partial charge in [0.2, 0.25) is 5.91 Å². The Morgan fingerprint density at radius 2 is 1.69 bits per heavy atom. The van der Waals surface area contributed by atoms with Crippen molar-refractivity contribution >= 4 is 35.3 Å². The average Bonchev–Trinajstić information content (AvgIpc) is 2.79. The SMILES string of the molecule is COP(=O)(OC)C(CCS(C)(=O)=O)N[C@@H](CC(C)C)C(=O)N(C(N)=O)[C@@H](Cc1ccccc1)C(=O)O. The summed E-state index contributed by atoms with van der Waals surface area (Å²) in [6, 6.07) is 4.28. The van der Waals surface area contributed by atoms with Gasteiger partial charge in [0.05, 0.1) is 11.8 Å². The number of imide groups is 1. The predicted molar refractivity (Wildman–Crippen MR) is 134 cm³/mol. The van der Waals surface area contributed by atoms with Crippen LogP contribution in [0.4, 0.5) is 4.79 Å². The van der Waals surface area contributed by atoms with Gasteiger partial charge in [0.15, 0.2) is 0 Å². The topological polar surface area (TPSA) is 182 Å². The Balaban J connectivity index is 3.44. The number of amides is 3. The van der Waals surface area contributed by atoms with Crippen molar-refractivity contribution in [1.29, 1.82) is 0 Å².